The normalized spacial score (nSPS) is 25.9. The van der Waals surface area contributed by atoms with Crippen molar-refractivity contribution in [1.29, 1.82) is 0 Å². The van der Waals surface area contributed by atoms with E-state index in [0.29, 0.717) is 6.17 Å². The van der Waals surface area contributed by atoms with Crippen molar-refractivity contribution < 1.29 is 0 Å². The summed E-state index contributed by atoms with van der Waals surface area (Å²) in [6.07, 6.45) is 3.45. The van der Waals surface area contributed by atoms with Crippen LogP contribution in [0.4, 0.5) is 0 Å². The molecule has 1 rings (SSSR count). The largest absolute Gasteiger partial charge is 0.343 e. The van der Waals surface area contributed by atoms with Crippen molar-refractivity contribution in [2.75, 3.05) is 14.1 Å². The Hall–Kier alpha value is -0.730. The summed E-state index contributed by atoms with van der Waals surface area (Å²) in [7, 11) is 4.04. The lowest BCUT2D eigenvalue weighted by Crippen LogP contribution is -2.34. The molecule has 9 heavy (non-hydrogen) atoms. The van der Waals surface area contributed by atoms with Gasteiger partial charge in [0.15, 0.2) is 0 Å². The first-order chi connectivity index (χ1) is 4.25. The summed E-state index contributed by atoms with van der Waals surface area (Å²) < 4.78 is 0. The van der Waals surface area contributed by atoms with E-state index in [2.05, 4.69) is 16.9 Å². The Bertz CT molecular complexity index is 109. The molecule has 0 aliphatic carbocycles. The van der Waals surface area contributed by atoms with Crippen LogP contribution in [0.15, 0.2) is 5.10 Å². The fourth-order valence-corrected chi connectivity index (χ4v) is 1.13. The van der Waals surface area contributed by atoms with Crippen LogP contribution >= 0.6 is 0 Å². The summed E-state index contributed by atoms with van der Waals surface area (Å²) in [4.78, 5) is 2.11. The van der Waals surface area contributed by atoms with Crippen LogP contribution < -0.4 is 0 Å². The molecule has 0 saturated carbocycles. The van der Waals surface area contributed by atoms with Crippen LogP contribution in [0.2, 0.25) is 0 Å². The predicted octanol–water partition coefficient (Wildman–Crippen LogP) is 0.543. The number of hydrazone groups is 1. The third kappa shape index (κ3) is 0.992. The number of rotatable bonds is 1. The molecule has 0 fully saturated rings. The fourth-order valence-electron chi connectivity index (χ4n) is 1.13. The smallest absolute Gasteiger partial charge is 0.118 e. The summed E-state index contributed by atoms with van der Waals surface area (Å²) in [5.41, 5.74) is 0. The number of hydrogen-bond acceptors (Lipinski definition) is 3. The molecule has 52 valence electrons. The minimum Gasteiger partial charge on any atom is -0.343 e. The third-order valence-corrected chi connectivity index (χ3v) is 1.68. The molecule has 0 saturated heterocycles. The maximum Gasteiger partial charge on any atom is 0.118 e. The van der Waals surface area contributed by atoms with E-state index in [9.17, 15) is 0 Å². The van der Waals surface area contributed by atoms with Gasteiger partial charge in [-0.15, -0.1) is 0 Å². The highest BCUT2D eigenvalue weighted by molar-refractivity contribution is 5.56. The van der Waals surface area contributed by atoms with Crippen LogP contribution in [0.5, 0.6) is 0 Å². The monoisotopic (exact) mass is 127 g/mol. The van der Waals surface area contributed by atoms with E-state index in [4.69, 9.17) is 0 Å². The lowest BCUT2D eigenvalue weighted by atomic mass is 10.3. The molecule has 0 bridgehead atoms. The van der Waals surface area contributed by atoms with Gasteiger partial charge in [0, 0.05) is 14.1 Å². The highest BCUT2D eigenvalue weighted by Crippen LogP contribution is 2.09. The lowest BCUT2D eigenvalue weighted by Gasteiger charge is -2.23. The van der Waals surface area contributed by atoms with Crippen LogP contribution in [-0.4, -0.2) is 36.5 Å². The van der Waals surface area contributed by atoms with Crippen LogP contribution in [-0.2, 0) is 0 Å². The Labute approximate surface area is 55.9 Å². The Kier molecular flexibility index (Phi) is 1.60. The predicted molar refractivity (Wildman–Crippen MR) is 38.1 cm³/mol. The van der Waals surface area contributed by atoms with E-state index in [1.807, 2.05) is 25.4 Å². The van der Waals surface area contributed by atoms with Gasteiger partial charge >= 0.3 is 0 Å². The van der Waals surface area contributed by atoms with Crippen LogP contribution in [0.3, 0.4) is 0 Å². The zero-order chi connectivity index (χ0) is 6.85. The van der Waals surface area contributed by atoms with Crippen LogP contribution in [0.25, 0.3) is 0 Å². The second-order valence-corrected chi connectivity index (χ2v) is 2.36. The first-order valence-electron chi connectivity index (χ1n) is 3.24. The standard InChI is InChI=1S/C6H13N3/c1-4-6-8(2)5-7-9(6)3/h5-6H,4H2,1-3H3. The average Bonchev–Trinajstić information content (AvgIpc) is 2.12. The molecule has 0 spiro atoms. The molecule has 3 nitrogen and oxygen atoms in total. The number of nitrogens with zero attached hydrogens (tertiary/aromatic N) is 3. The second-order valence-electron chi connectivity index (χ2n) is 2.36. The summed E-state index contributed by atoms with van der Waals surface area (Å²) in [6, 6.07) is 0. The molecule has 1 atom stereocenters. The van der Waals surface area contributed by atoms with Crippen LogP contribution in [0, 0.1) is 0 Å². The van der Waals surface area contributed by atoms with Gasteiger partial charge in [-0.05, 0) is 6.42 Å². The zero-order valence-electron chi connectivity index (χ0n) is 6.20. The minimum atomic E-state index is 0.477. The van der Waals surface area contributed by atoms with Crippen molar-refractivity contribution >= 4 is 6.34 Å². The van der Waals surface area contributed by atoms with E-state index >= 15 is 0 Å². The van der Waals surface area contributed by atoms with Crippen molar-refractivity contribution in [2.45, 2.75) is 19.5 Å². The Morgan fingerprint density at radius 1 is 1.56 bits per heavy atom. The van der Waals surface area contributed by atoms with Gasteiger partial charge in [-0.1, -0.05) is 6.92 Å². The number of hydrogen-bond donors (Lipinski definition) is 0. The highest BCUT2D eigenvalue weighted by Gasteiger charge is 2.18. The zero-order valence-corrected chi connectivity index (χ0v) is 6.20. The molecule has 0 aromatic rings. The lowest BCUT2D eigenvalue weighted by molar-refractivity contribution is 0.176. The molecule has 0 amide bonds. The van der Waals surface area contributed by atoms with Crippen molar-refractivity contribution in [3.63, 3.8) is 0 Å². The summed E-state index contributed by atoms with van der Waals surface area (Å²) in [5, 5.41) is 6.08. The molecule has 1 heterocycles. The molecule has 0 N–H and O–H groups in total. The maximum atomic E-state index is 4.10. The summed E-state index contributed by atoms with van der Waals surface area (Å²) in [6.45, 7) is 2.16. The fraction of sp³-hybridized carbons (Fsp3) is 0.833. The van der Waals surface area contributed by atoms with Gasteiger partial charge < -0.3 is 4.90 Å². The molecular weight excluding hydrogens is 114 g/mol. The molecule has 0 aromatic heterocycles. The Balaban J connectivity index is 2.53. The van der Waals surface area contributed by atoms with Crippen molar-refractivity contribution in [2.24, 2.45) is 5.10 Å². The topological polar surface area (TPSA) is 18.8 Å². The quantitative estimate of drug-likeness (QED) is 0.512. The molecule has 1 unspecified atom stereocenters. The van der Waals surface area contributed by atoms with Gasteiger partial charge in [-0.25, -0.2) is 0 Å². The SMILES string of the molecule is CCC1N(C)C=NN1C. The first-order valence-corrected chi connectivity index (χ1v) is 3.24. The van der Waals surface area contributed by atoms with Gasteiger partial charge in [0.2, 0.25) is 0 Å². The van der Waals surface area contributed by atoms with E-state index in [0.717, 1.165) is 6.42 Å². The first kappa shape index (κ1) is 6.39. The van der Waals surface area contributed by atoms with Crippen molar-refractivity contribution in [1.82, 2.24) is 9.91 Å². The van der Waals surface area contributed by atoms with Gasteiger partial charge in [-0.2, -0.15) is 5.10 Å². The molecular formula is C6H13N3. The van der Waals surface area contributed by atoms with Gasteiger partial charge in [0.25, 0.3) is 0 Å². The minimum absolute atomic E-state index is 0.477. The van der Waals surface area contributed by atoms with Crippen molar-refractivity contribution in [3.05, 3.63) is 0 Å². The molecule has 3 heteroatoms. The molecule has 1 aliphatic heterocycles. The Morgan fingerprint density at radius 3 is 2.44 bits per heavy atom. The van der Waals surface area contributed by atoms with Gasteiger partial charge in [0.1, 0.15) is 12.5 Å². The molecule has 1 aliphatic rings. The average molecular weight is 127 g/mol. The Morgan fingerprint density at radius 2 is 2.22 bits per heavy atom. The van der Waals surface area contributed by atoms with Crippen LogP contribution in [0.1, 0.15) is 13.3 Å². The van der Waals surface area contributed by atoms with Crippen molar-refractivity contribution in [3.8, 4) is 0 Å². The highest BCUT2D eigenvalue weighted by atomic mass is 15.6. The third-order valence-electron chi connectivity index (χ3n) is 1.68. The van der Waals surface area contributed by atoms with Gasteiger partial charge in [-0.3, -0.25) is 5.01 Å². The summed E-state index contributed by atoms with van der Waals surface area (Å²) in [5.74, 6) is 0. The summed E-state index contributed by atoms with van der Waals surface area (Å²) >= 11 is 0. The molecule has 0 radical (unpaired) electrons. The van der Waals surface area contributed by atoms with E-state index in [1.165, 1.54) is 0 Å². The van der Waals surface area contributed by atoms with Gasteiger partial charge in [0.05, 0.1) is 0 Å². The second kappa shape index (κ2) is 2.25. The molecule has 0 aromatic carbocycles. The van der Waals surface area contributed by atoms with E-state index in [-0.39, 0.29) is 0 Å². The van der Waals surface area contributed by atoms with E-state index < -0.39 is 0 Å². The van der Waals surface area contributed by atoms with E-state index in [1.54, 1.807) is 0 Å². The maximum absolute atomic E-state index is 4.10.